The minimum Gasteiger partial charge on any atom is -0.365 e. The molecule has 0 N–H and O–H groups in total. The molecule has 1 amide bonds. The van der Waals surface area contributed by atoms with E-state index in [1.54, 1.807) is 18.3 Å². The van der Waals surface area contributed by atoms with Crippen LogP contribution in [0.4, 0.5) is 5.82 Å². The average molecular weight is 286 g/mol. The predicted octanol–water partition coefficient (Wildman–Crippen LogP) is 0.781. The number of nitrogens with zero attached hydrogens (tertiary/aromatic N) is 4. The summed E-state index contributed by atoms with van der Waals surface area (Å²) in [7, 11) is 0. The van der Waals surface area contributed by atoms with Gasteiger partial charge in [-0.2, -0.15) is 5.26 Å². The molecule has 1 aromatic rings. The highest BCUT2D eigenvalue weighted by Crippen LogP contribution is 2.21. The Labute approximate surface area is 123 Å². The molecule has 0 radical (unpaired) electrons. The summed E-state index contributed by atoms with van der Waals surface area (Å²) < 4.78 is 5.63. The van der Waals surface area contributed by atoms with Gasteiger partial charge in [-0.05, 0) is 25.0 Å². The van der Waals surface area contributed by atoms with E-state index in [0.29, 0.717) is 31.1 Å². The molecule has 2 aliphatic heterocycles. The number of amides is 1. The second kappa shape index (κ2) is 6.10. The van der Waals surface area contributed by atoms with Gasteiger partial charge in [0.15, 0.2) is 6.10 Å². The van der Waals surface area contributed by atoms with Crippen LogP contribution in [0.2, 0.25) is 0 Å². The number of aromatic nitrogens is 1. The van der Waals surface area contributed by atoms with Crippen LogP contribution >= 0.6 is 0 Å². The van der Waals surface area contributed by atoms with Crippen LogP contribution in [0.25, 0.3) is 0 Å². The number of likely N-dealkylation sites (tertiary alicyclic amines) is 1. The third-order valence-corrected chi connectivity index (χ3v) is 3.97. The molecule has 1 aromatic heterocycles. The van der Waals surface area contributed by atoms with Gasteiger partial charge in [-0.15, -0.1) is 0 Å². The van der Waals surface area contributed by atoms with Crippen LogP contribution in [-0.2, 0) is 9.53 Å². The molecule has 110 valence electrons. The zero-order valence-corrected chi connectivity index (χ0v) is 11.9. The molecule has 0 bridgehead atoms. The average Bonchev–Trinajstić information content (AvgIpc) is 3.08. The highest BCUT2D eigenvalue weighted by atomic mass is 16.5. The van der Waals surface area contributed by atoms with E-state index < -0.39 is 6.10 Å². The number of nitriles is 1. The molecule has 3 heterocycles. The fourth-order valence-corrected chi connectivity index (χ4v) is 2.87. The van der Waals surface area contributed by atoms with Crippen LogP contribution in [0.3, 0.4) is 0 Å². The number of hydrogen-bond donors (Lipinski definition) is 0. The number of morpholine rings is 1. The Morgan fingerprint density at radius 2 is 2.19 bits per heavy atom. The minimum absolute atomic E-state index is 0.0617. The van der Waals surface area contributed by atoms with Crippen molar-refractivity contribution in [3.8, 4) is 6.07 Å². The van der Waals surface area contributed by atoms with Gasteiger partial charge >= 0.3 is 0 Å². The monoisotopic (exact) mass is 286 g/mol. The van der Waals surface area contributed by atoms with Crippen molar-refractivity contribution in [1.82, 2.24) is 9.88 Å². The summed E-state index contributed by atoms with van der Waals surface area (Å²) in [4.78, 5) is 20.6. The molecular formula is C15H18N4O2. The Morgan fingerprint density at radius 1 is 1.38 bits per heavy atom. The van der Waals surface area contributed by atoms with E-state index in [2.05, 4.69) is 11.1 Å². The van der Waals surface area contributed by atoms with Gasteiger partial charge in [-0.25, -0.2) is 4.98 Å². The lowest BCUT2D eigenvalue weighted by atomic mass is 10.2. The third-order valence-electron chi connectivity index (χ3n) is 3.97. The molecule has 2 saturated heterocycles. The summed E-state index contributed by atoms with van der Waals surface area (Å²) in [6.45, 7) is 3.24. The van der Waals surface area contributed by atoms with E-state index in [0.717, 1.165) is 25.9 Å². The normalized spacial score (nSPS) is 22.1. The number of carbonyl (C=O) groups excluding carboxylic acids is 1. The first kappa shape index (κ1) is 13.8. The molecule has 6 nitrogen and oxygen atoms in total. The molecule has 21 heavy (non-hydrogen) atoms. The Balaban J connectivity index is 1.73. The third kappa shape index (κ3) is 2.83. The van der Waals surface area contributed by atoms with Crippen molar-refractivity contribution in [2.24, 2.45) is 0 Å². The van der Waals surface area contributed by atoms with Crippen LogP contribution in [-0.4, -0.2) is 54.7 Å². The summed E-state index contributed by atoms with van der Waals surface area (Å²) in [6, 6.07) is 5.64. The Bertz CT molecular complexity index is 563. The van der Waals surface area contributed by atoms with E-state index in [1.165, 1.54) is 0 Å². The van der Waals surface area contributed by atoms with Crippen LogP contribution < -0.4 is 4.90 Å². The number of rotatable bonds is 2. The predicted molar refractivity (Wildman–Crippen MR) is 76.7 cm³/mol. The molecule has 1 unspecified atom stereocenters. The Hall–Kier alpha value is -2.13. The largest absolute Gasteiger partial charge is 0.365 e. The van der Waals surface area contributed by atoms with Gasteiger partial charge in [-0.1, -0.05) is 0 Å². The fourth-order valence-electron chi connectivity index (χ4n) is 2.87. The first-order valence-electron chi connectivity index (χ1n) is 7.30. The van der Waals surface area contributed by atoms with Crippen LogP contribution in [0.5, 0.6) is 0 Å². The number of hydrogen-bond acceptors (Lipinski definition) is 5. The smallest absolute Gasteiger partial charge is 0.253 e. The lowest BCUT2D eigenvalue weighted by Crippen LogP contribution is -2.51. The maximum absolute atomic E-state index is 12.4. The van der Waals surface area contributed by atoms with Crippen molar-refractivity contribution in [2.75, 3.05) is 37.7 Å². The molecule has 0 spiro atoms. The maximum Gasteiger partial charge on any atom is 0.253 e. The molecule has 2 aliphatic rings. The van der Waals surface area contributed by atoms with Crippen molar-refractivity contribution >= 4 is 11.7 Å². The van der Waals surface area contributed by atoms with E-state index in [1.807, 2.05) is 9.80 Å². The topological polar surface area (TPSA) is 69.5 Å². The zero-order chi connectivity index (χ0) is 14.7. The Kier molecular flexibility index (Phi) is 4.02. The SMILES string of the molecule is N#Cc1cccnc1N1CCOC(C(=O)N2CCCC2)C1. The highest BCUT2D eigenvalue weighted by molar-refractivity contribution is 5.82. The molecule has 2 fully saturated rings. The summed E-state index contributed by atoms with van der Waals surface area (Å²) in [5.41, 5.74) is 0.534. The van der Waals surface area contributed by atoms with Crippen molar-refractivity contribution in [2.45, 2.75) is 18.9 Å². The van der Waals surface area contributed by atoms with Crippen molar-refractivity contribution in [3.05, 3.63) is 23.9 Å². The van der Waals surface area contributed by atoms with Crippen LogP contribution in [0.1, 0.15) is 18.4 Å². The van der Waals surface area contributed by atoms with E-state index >= 15 is 0 Å². The van der Waals surface area contributed by atoms with E-state index in [9.17, 15) is 10.1 Å². The van der Waals surface area contributed by atoms with Gasteiger partial charge in [0.2, 0.25) is 0 Å². The zero-order valence-electron chi connectivity index (χ0n) is 11.9. The van der Waals surface area contributed by atoms with Gasteiger partial charge in [0.05, 0.1) is 18.7 Å². The number of pyridine rings is 1. The van der Waals surface area contributed by atoms with Gasteiger partial charge < -0.3 is 14.5 Å². The lowest BCUT2D eigenvalue weighted by molar-refractivity contribution is -0.143. The van der Waals surface area contributed by atoms with Gasteiger partial charge in [0, 0.05) is 25.8 Å². The van der Waals surface area contributed by atoms with E-state index in [-0.39, 0.29) is 5.91 Å². The standard InChI is InChI=1S/C15H18N4O2/c16-10-12-4-3-5-17-14(12)19-8-9-21-13(11-19)15(20)18-6-1-2-7-18/h3-5,13H,1-2,6-9,11H2. The van der Waals surface area contributed by atoms with Crippen LogP contribution in [0.15, 0.2) is 18.3 Å². The first-order chi connectivity index (χ1) is 10.3. The number of ether oxygens (including phenoxy) is 1. The molecule has 6 heteroatoms. The van der Waals surface area contributed by atoms with Gasteiger partial charge in [-0.3, -0.25) is 4.79 Å². The van der Waals surface area contributed by atoms with Gasteiger partial charge in [0.25, 0.3) is 5.91 Å². The maximum atomic E-state index is 12.4. The molecule has 0 aromatic carbocycles. The first-order valence-corrected chi connectivity index (χ1v) is 7.30. The highest BCUT2D eigenvalue weighted by Gasteiger charge is 2.32. The van der Waals surface area contributed by atoms with Gasteiger partial charge in [0.1, 0.15) is 11.9 Å². The fraction of sp³-hybridized carbons (Fsp3) is 0.533. The summed E-state index contributed by atoms with van der Waals surface area (Å²) in [5, 5.41) is 9.17. The van der Waals surface area contributed by atoms with E-state index in [4.69, 9.17) is 4.74 Å². The molecule has 0 aliphatic carbocycles. The lowest BCUT2D eigenvalue weighted by Gasteiger charge is -2.34. The summed E-state index contributed by atoms with van der Waals surface area (Å²) in [5.74, 6) is 0.703. The quantitative estimate of drug-likeness (QED) is 0.803. The second-order valence-electron chi connectivity index (χ2n) is 5.32. The number of anilines is 1. The molecule has 0 saturated carbocycles. The van der Waals surface area contributed by atoms with Crippen molar-refractivity contribution in [3.63, 3.8) is 0 Å². The second-order valence-corrected chi connectivity index (χ2v) is 5.32. The molecular weight excluding hydrogens is 268 g/mol. The Morgan fingerprint density at radius 3 is 2.95 bits per heavy atom. The summed E-state index contributed by atoms with van der Waals surface area (Å²) in [6.07, 6.45) is 3.36. The number of carbonyl (C=O) groups is 1. The minimum atomic E-state index is -0.453. The van der Waals surface area contributed by atoms with Crippen molar-refractivity contribution in [1.29, 1.82) is 5.26 Å². The molecule has 1 atom stereocenters. The van der Waals surface area contributed by atoms with Crippen LogP contribution in [0, 0.1) is 11.3 Å². The van der Waals surface area contributed by atoms with Crippen molar-refractivity contribution < 1.29 is 9.53 Å². The molecule has 3 rings (SSSR count). The summed E-state index contributed by atoms with van der Waals surface area (Å²) >= 11 is 0.